The van der Waals surface area contributed by atoms with Crippen LogP contribution >= 0.6 is 11.8 Å². The topological polar surface area (TPSA) is 36.4 Å². The lowest BCUT2D eigenvalue weighted by Gasteiger charge is -2.23. The van der Waals surface area contributed by atoms with E-state index in [-0.39, 0.29) is 5.25 Å². The molecular formula is C17H27N3OS. The van der Waals surface area contributed by atoms with Crippen LogP contribution in [0.4, 0.5) is 0 Å². The molecule has 2 unspecified atom stereocenters. The smallest absolute Gasteiger partial charge is 0.235 e. The summed E-state index contributed by atoms with van der Waals surface area (Å²) in [6.45, 7) is 5.87. The highest BCUT2D eigenvalue weighted by Crippen LogP contribution is 2.22. The van der Waals surface area contributed by atoms with Gasteiger partial charge >= 0.3 is 0 Å². The second kappa shape index (κ2) is 8.53. The lowest BCUT2D eigenvalue weighted by molar-refractivity contribution is -0.129. The number of rotatable bonds is 7. The maximum atomic E-state index is 12.4. The lowest BCUT2D eigenvalue weighted by Crippen LogP contribution is -2.36. The Morgan fingerprint density at radius 2 is 2.41 bits per heavy atom. The lowest BCUT2D eigenvalue weighted by atomic mass is 10.1. The van der Waals surface area contributed by atoms with Crippen molar-refractivity contribution in [2.75, 3.05) is 32.9 Å². The zero-order valence-electron chi connectivity index (χ0n) is 13.9. The van der Waals surface area contributed by atoms with Gasteiger partial charge in [-0.3, -0.25) is 9.78 Å². The molecule has 1 fully saturated rings. The van der Waals surface area contributed by atoms with Gasteiger partial charge in [-0.1, -0.05) is 13.0 Å². The van der Waals surface area contributed by atoms with Gasteiger partial charge in [-0.25, -0.2) is 0 Å². The molecule has 2 rings (SSSR count). The Kier molecular flexibility index (Phi) is 6.70. The highest BCUT2D eigenvalue weighted by Gasteiger charge is 2.30. The summed E-state index contributed by atoms with van der Waals surface area (Å²) in [6.07, 6.45) is 7.79. The predicted octanol–water partition coefficient (Wildman–Crippen LogP) is 2.50. The molecule has 0 radical (unpaired) electrons. The van der Waals surface area contributed by atoms with Crippen LogP contribution in [0.2, 0.25) is 0 Å². The number of carbonyl (C=O) groups is 1. The molecule has 5 heteroatoms. The number of carbonyl (C=O) groups excluding carboxylic acids is 1. The van der Waals surface area contributed by atoms with Crippen LogP contribution in [0.25, 0.3) is 0 Å². The van der Waals surface area contributed by atoms with E-state index in [0.29, 0.717) is 11.8 Å². The Morgan fingerprint density at radius 1 is 1.59 bits per heavy atom. The van der Waals surface area contributed by atoms with Crippen molar-refractivity contribution in [2.24, 2.45) is 5.92 Å². The minimum Gasteiger partial charge on any atom is -0.341 e. The molecule has 1 aromatic rings. The Bertz CT molecular complexity index is 464. The molecule has 2 atom stereocenters. The number of likely N-dealkylation sites (tertiary alicyclic amines) is 1. The SMILES string of the molecule is CCC(SC)C(=O)N1CCC(CN(C)Cc2cccnc2)C1. The minimum absolute atomic E-state index is 0.131. The third-order valence-electron chi connectivity index (χ3n) is 4.27. The van der Waals surface area contributed by atoms with Gasteiger partial charge < -0.3 is 9.80 Å². The highest BCUT2D eigenvalue weighted by molar-refractivity contribution is 7.99. The first-order valence-corrected chi connectivity index (χ1v) is 9.31. The first-order valence-electron chi connectivity index (χ1n) is 8.03. The van der Waals surface area contributed by atoms with Crippen LogP contribution in [0.15, 0.2) is 24.5 Å². The average molecular weight is 321 g/mol. The molecule has 1 saturated heterocycles. The number of nitrogens with zero attached hydrogens (tertiary/aromatic N) is 3. The Hall–Kier alpha value is -1.07. The van der Waals surface area contributed by atoms with E-state index in [4.69, 9.17) is 0 Å². The van der Waals surface area contributed by atoms with Crippen molar-refractivity contribution in [2.45, 2.75) is 31.6 Å². The van der Waals surface area contributed by atoms with Crippen LogP contribution in [0, 0.1) is 5.92 Å². The molecule has 4 nitrogen and oxygen atoms in total. The van der Waals surface area contributed by atoms with Gasteiger partial charge in [0.25, 0.3) is 0 Å². The van der Waals surface area contributed by atoms with Gasteiger partial charge in [0.1, 0.15) is 0 Å². The Labute approximate surface area is 138 Å². The molecule has 0 aliphatic carbocycles. The van der Waals surface area contributed by atoms with Gasteiger partial charge in [-0.2, -0.15) is 11.8 Å². The summed E-state index contributed by atoms with van der Waals surface area (Å²) in [7, 11) is 2.15. The molecule has 0 aromatic carbocycles. The second-order valence-corrected chi connectivity index (χ2v) is 7.17. The van der Waals surface area contributed by atoms with Crippen LogP contribution in [-0.4, -0.2) is 58.9 Å². The summed E-state index contributed by atoms with van der Waals surface area (Å²) in [6, 6.07) is 4.09. The van der Waals surface area contributed by atoms with Crippen molar-refractivity contribution in [1.29, 1.82) is 0 Å². The molecule has 0 spiro atoms. The van der Waals surface area contributed by atoms with Gasteiger partial charge in [0.15, 0.2) is 0 Å². The molecule has 1 aromatic heterocycles. The van der Waals surface area contributed by atoms with Crippen LogP contribution in [0.3, 0.4) is 0 Å². The number of pyridine rings is 1. The van der Waals surface area contributed by atoms with Crippen molar-refractivity contribution in [1.82, 2.24) is 14.8 Å². The van der Waals surface area contributed by atoms with Gasteiger partial charge in [0.05, 0.1) is 5.25 Å². The molecule has 122 valence electrons. The Morgan fingerprint density at radius 3 is 3.05 bits per heavy atom. The van der Waals surface area contributed by atoms with Crippen LogP contribution in [-0.2, 0) is 11.3 Å². The zero-order valence-corrected chi connectivity index (χ0v) is 14.7. The van der Waals surface area contributed by atoms with E-state index in [1.54, 1.807) is 18.0 Å². The molecule has 22 heavy (non-hydrogen) atoms. The molecular weight excluding hydrogens is 294 g/mol. The number of hydrogen-bond donors (Lipinski definition) is 0. The summed E-state index contributed by atoms with van der Waals surface area (Å²) in [5, 5.41) is 0.131. The van der Waals surface area contributed by atoms with Crippen LogP contribution in [0.5, 0.6) is 0 Å². The number of hydrogen-bond acceptors (Lipinski definition) is 4. The van der Waals surface area contributed by atoms with E-state index < -0.39 is 0 Å². The number of thioether (sulfide) groups is 1. The first-order chi connectivity index (χ1) is 10.6. The van der Waals surface area contributed by atoms with E-state index in [1.807, 2.05) is 18.5 Å². The molecule has 0 N–H and O–H groups in total. The fraction of sp³-hybridized carbons (Fsp3) is 0.647. The average Bonchev–Trinajstić information content (AvgIpc) is 2.97. The quantitative estimate of drug-likeness (QED) is 0.773. The van der Waals surface area contributed by atoms with Crippen LogP contribution in [0.1, 0.15) is 25.3 Å². The largest absolute Gasteiger partial charge is 0.341 e. The molecule has 0 bridgehead atoms. The summed E-state index contributed by atoms with van der Waals surface area (Å²) >= 11 is 1.67. The fourth-order valence-electron chi connectivity index (χ4n) is 3.14. The third kappa shape index (κ3) is 4.71. The van der Waals surface area contributed by atoms with Gasteiger partial charge in [-0.05, 0) is 43.7 Å². The summed E-state index contributed by atoms with van der Waals surface area (Å²) < 4.78 is 0. The van der Waals surface area contributed by atoms with Gasteiger partial charge in [-0.15, -0.1) is 0 Å². The van der Waals surface area contributed by atoms with Crippen molar-refractivity contribution >= 4 is 17.7 Å². The zero-order chi connectivity index (χ0) is 15.9. The number of amides is 1. The first kappa shape index (κ1) is 17.3. The van der Waals surface area contributed by atoms with E-state index in [1.165, 1.54) is 5.56 Å². The summed E-state index contributed by atoms with van der Waals surface area (Å²) in [4.78, 5) is 21.0. The molecule has 1 aliphatic heterocycles. The van der Waals surface area contributed by atoms with E-state index in [9.17, 15) is 4.79 Å². The number of aromatic nitrogens is 1. The van der Waals surface area contributed by atoms with E-state index in [2.05, 4.69) is 34.8 Å². The van der Waals surface area contributed by atoms with E-state index in [0.717, 1.165) is 39.0 Å². The van der Waals surface area contributed by atoms with Crippen LogP contribution < -0.4 is 0 Å². The van der Waals surface area contributed by atoms with Gasteiger partial charge in [0.2, 0.25) is 5.91 Å². The standard InChI is InChI=1S/C17H27N3OS/c1-4-16(22-3)17(21)20-9-7-15(13-20)12-19(2)11-14-6-5-8-18-10-14/h5-6,8,10,15-16H,4,7,9,11-13H2,1-3H3. The maximum absolute atomic E-state index is 12.4. The van der Waals surface area contributed by atoms with Crippen molar-refractivity contribution < 1.29 is 4.79 Å². The molecule has 1 aliphatic rings. The van der Waals surface area contributed by atoms with Crippen molar-refractivity contribution in [3.63, 3.8) is 0 Å². The molecule has 1 amide bonds. The van der Waals surface area contributed by atoms with Gasteiger partial charge in [0, 0.05) is 38.6 Å². The normalized spacial score (nSPS) is 19.6. The monoisotopic (exact) mass is 321 g/mol. The minimum atomic E-state index is 0.131. The summed E-state index contributed by atoms with van der Waals surface area (Å²) in [5.41, 5.74) is 1.24. The predicted molar refractivity (Wildman–Crippen MR) is 92.9 cm³/mol. The maximum Gasteiger partial charge on any atom is 0.235 e. The van der Waals surface area contributed by atoms with Crippen molar-refractivity contribution in [3.8, 4) is 0 Å². The third-order valence-corrected chi connectivity index (χ3v) is 5.38. The molecule has 0 saturated carbocycles. The fourth-order valence-corrected chi connectivity index (χ4v) is 3.82. The highest BCUT2D eigenvalue weighted by atomic mass is 32.2. The van der Waals surface area contributed by atoms with E-state index >= 15 is 0 Å². The second-order valence-electron chi connectivity index (χ2n) is 6.13. The molecule has 2 heterocycles. The van der Waals surface area contributed by atoms with Crippen molar-refractivity contribution in [3.05, 3.63) is 30.1 Å². The Balaban J connectivity index is 1.79. The summed E-state index contributed by atoms with van der Waals surface area (Å²) in [5.74, 6) is 0.914.